The number of hydrogen-bond donors (Lipinski definition) is 2. The number of rotatable bonds is 2. The van der Waals surface area contributed by atoms with E-state index in [2.05, 4.69) is 5.32 Å². The van der Waals surface area contributed by atoms with E-state index in [1.54, 1.807) is 30.3 Å². The molecule has 1 atom stereocenters. The van der Waals surface area contributed by atoms with E-state index in [9.17, 15) is 9.90 Å². The summed E-state index contributed by atoms with van der Waals surface area (Å²) >= 11 is 6.00. The first-order valence-corrected chi connectivity index (χ1v) is 6.93. The summed E-state index contributed by atoms with van der Waals surface area (Å²) in [6.45, 7) is 1.91. The van der Waals surface area contributed by atoms with Crippen molar-refractivity contribution in [2.24, 2.45) is 0 Å². The van der Waals surface area contributed by atoms with Crippen LogP contribution in [0.1, 0.15) is 22.8 Å². The van der Waals surface area contributed by atoms with Crippen molar-refractivity contribution >= 4 is 23.2 Å². The van der Waals surface area contributed by atoms with E-state index in [0.29, 0.717) is 22.0 Å². The van der Waals surface area contributed by atoms with Crippen LogP contribution in [0.2, 0.25) is 5.02 Å². The minimum Gasteiger partial charge on any atom is -0.482 e. The maximum absolute atomic E-state index is 11.3. The van der Waals surface area contributed by atoms with E-state index < -0.39 is 6.10 Å². The molecule has 1 heterocycles. The largest absolute Gasteiger partial charge is 0.482 e. The third-order valence-electron chi connectivity index (χ3n) is 3.45. The van der Waals surface area contributed by atoms with E-state index in [1.807, 2.05) is 13.0 Å². The Morgan fingerprint density at radius 2 is 1.95 bits per heavy atom. The predicted molar refractivity (Wildman–Crippen MR) is 80.8 cm³/mol. The van der Waals surface area contributed by atoms with Gasteiger partial charge in [0, 0.05) is 5.02 Å². The van der Waals surface area contributed by atoms with Gasteiger partial charge in [0.05, 0.1) is 5.69 Å². The number of carbonyl (C=O) groups is 1. The van der Waals surface area contributed by atoms with E-state index in [1.165, 1.54) is 0 Å². The molecule has 1 unspecified atom stereocenters. The molecule has 0 radical (unpaired) electrons. The van der Waals surface area contributed by atoms with Gasteiger partial charge in [-0.15, -0.1) is 0 Å². The van der Waals surface area contributed by atoms with Gasteiger partial charge in [-0.25, -0.2) is 0 Å². The van der Waals surface area contributed by atoms with Gasteiger partial charge in [-0.2, -0.15) is 0 Å². The summed E-state index contributed by atoms with van der Waals surface area (Å²) < 4.78 is 5.30. The molecule has 108 valence electrons. The highest BCUT2D eigenvalue weighted by atomic mass is 35.5. The average Bonchev–Trinajstić information content (AvgIpc) is 2.48. The normalized spacial score (nSPS) is 14.9. The first-order valence-electron chi connectivity index (χ1n) is 6.55. The van der Waals surface area contributed by atoms with Gasteiger partial charge in [0.25, 0.3) is 5.91 Å². The van der Waals surface area contributed by atoms with Gasteiger partial charge in [-0.1, -0.05) is 29.8 Å². The van der Waals surface area contributed by atoms with Crippen molar-refractivity contribution in [1.82, 2.24) is 0 Å². The van der Waals surface area contributed by atoms with Gasteiger partial charge in [-0.05, 0) is 41.8 Å². The molecule has 0 aliphatic carbocycles. The Morgan fingerprint density at radius 1 is 1.24 bits per heavy atom. The fraction of sp³-hybridized carbons (Fsp3) is 0.188. The summed E-state index contributed by atoms with van der Waals surface area (Å²) in [7, 11) is 0. The molecule has 0 bridgehead atoms. The molecule has 21 heavy (non-hydrogen) atoms. The van der Waals surface area contributed by atoms with Crippen LogP contribution in [0, 0.1) is 6.92 Å². The summed E-state index contributed by atoms with van der Waals surface area (Å²) in [5.74, 6) is 0.411. The molecular weight excluding hydrogens is 290 g/mol. The summed E-state index contributed by atoms with van der Waals surface area (Å²) in [5.41, 5.74) is 2.91. The second-order valence-electron chi connectivity index (χ2n) is 5.00. The molecular formula is C16H14ClNO3. The first kappa shape index (κ1) is 13.9. The van der Waals surface area contributed by atoms with E-state index in [-0.39, 0.29) is 12.5 Å². The summed E-state index contributed by atoms with van der Waals surface area (Å²) in [6.07, 6.45) is -0.787. The lowest BCUT2D eigenvalue weighted by Gasteiger charge is -2.20. The quantitative estimate of drug-likeness (QED) is 0.896. The number of hydrogen-bond acceptors (Lipinski definition) is 3. The van der Waals surface area contributed by atoms with Crippen molar-refractivity contribution < 1.29 is 14.6 Å². The van der Waals surface area contributed by atoms with Crippen molar-refractivity contribution in [1.29, 1.82) is 0 Å². The molecule has 5 heteroatoms. The van der Waals surface area contributed by atoms with Gasteiger partial charge in [0.15, 0.2) is 6.61 Å². The molecule has 0 aromatic heterocycles. The fourth-order valence-corrected chi connectivity index (χ4v) is 2.42. The Balaban J connectivity index is 1.94. The lowest BCUT2D eigenvalue weighted by molar-refractivity contribution is -0.118. The maximum atomic E-state index is 11.3. The first-order chi connectivity index (χ1) is 10.0. The topological polar surface area (TPSA) is 58.6 Å². The van der Waals surface area contributed by atoms with E-state index in [4.69, 9.17) is 16.3 Å². The zero-order valence-corrected chi connectivity index (χ0v) is 12.1. The van der Waals surface area contributed by atoms with Gasteiger partial charge >= 0.3 is 0 Å². The zero-order valence-electron chi connectivity index (χ0n) is 11.4. The van der Waals surface area contributed by atoms with Crippen LogP contribution in [-0.4, -0.2) is 17.6 Å². The van der Waals surface area contributed by atoms with Crippen molar-refractivity contribution in [3.8, 4) is 5.75 Å². The highest BCUT2D eigenvalue weighted by Gasteiger charge is 2.19. The van der Waals surface area contributed by atoms with Crippen molar-refractivity contribution in [2.45, 2.75) is 13.0 Å². The van der Waals surface area contributed by atoms with Crippen molar-refractivity contribution in [3.63, 3.8) is 0 Å². The smallest absolute Gasteiger partial charge is 0.262 e. The number of fused-ring (bicyclic) bond motifs is 1. The molecule has 4 nitrogen and oxygen atoms in total. The van der Waals surface area contributed by atoms with Crippen LogP contribution in [0.3, 0.4) is 0 Å². The number of amides is 1. The predicted octanol–water partition coefficient (Wildman–Crippen LogP) is 3.06. The second-order valence-corrected chi connectivity index (χ2v) is 5.41. The number of carbonyl (C=O) groups excluding carboxylic acids is 1. The average molecular weight is 304 g/mol. The van der Waals surface area contributed by atoms with Crippen LogP contribution in [0.4, 0.5) is 5.69 Å². The molecule has 0 saturated heterocycles. The maximum Gasteiger partial charge on any atom is 0.262 e. The zero-order chi connectivity index (χ0) is 15.0. The standard InChI is InChI=1S/C16H14ClNO3/c1-9-6-10(2-4-12(9)17)16(20)11-3-5-14-13(7-11)18-15(19)8-21-14/h2-7,16,20H,8H2,1H3,(H,18,19). The third-order valence-corrected chi connectivity index (χ3v) is 3.87. The number of benzene rings is 2. The highest BCUT2D eigenvalue weighted by Crippen LogP contribution is 2.33. The van der Waals surface area contributed by atoms with Crippen LogP contribution in [0.5, 0.6) is 5.75 Å². The van der Waals surface area contributed by atoms with E-state index in [0.717, 1.165) is 11.1 Å². The number of halogens is 1. The van der Waals surface area contributed by atoms with Crippen LogP contribution < -0.4 is 10.1 Å². The third kappa shape index (κ3) is 2.73. The molecule has 1 aliphatic rings. The molecule has 1 aliphatic heterocycles. The number of aliphatic hydroxyl groups is 1. The molecule has 1 amide bonds. The van der Waals surface area contributed by atoms with Gasteiger partial charge < -0.3 is 15.2 Å². The highest BCUT2D eigenvalue weighted by molar-refractivity contribution is 6.31. The Labute approximate surface area is 127 Å². The van der Waals surface area contributed by atoms with Crippen LogP contribution in [-0.2, 0) is 4.79 Å². The number of aliphatic hydroxyl groups excluding tert-OH is 1. The van der Waals surface area contributed by atoms with E-state index >= 15 is 0 Å². The molecule has 2 N–H and O–H groups in total. The van der Waals surface area contributed by atoms with Crippen LogP contribution >= 0.6 is 11.6 Å². The number of aryl methyl sites for hydroxylation is 1. The monoisotopic (exact) mass is 303 g/mol. The fourth-order valence-electron chi connectivity index (χ4n) is 2.30. The Bertz CT molecular complexity index is 715. The van der Waals surface area contributed by atoms with Gasteiger partial charge in [-0.3, -0.25) is 4.79 Å². The minimum absolute atomic E-state index is 0.0191. The van der Waals surface area contributed by atoms with Gasteiger partial charge in [0.2, 0.25) is 0 Å². The van der Waals surface area contributed by atoms with Crippen LogP contribution in [0.25, 0.3) is 0 Å². The molecule has 2 aromatic rings. The Morgan fingerprint density at radius 3 is 2.71 bits per heavy atom. The molecule has 2 aromatic carbocycles. The van der Waals surface area contributed by atoms with Crippen LogP contribution in [0.15, 0.2) is 36.4 Å². The molecule has 0 fully saturated rings. The minimum atomic E-state index is -0.787. The number of ether oxygens (including phenoxy) is 1. The second kappa shape index (κ2) is 5.39. The molecule has 3 rings (SSSR count). The SMILES string of the molecule is Cc1cc(C(O)c2ccc3c(c2)NC(=O)CO3)ccc1Cl. The van der Waals surface area contributed by atoms with Gasteiger partial charge in [0.1, 0.15) is 11.9 Å². The lowest BCUT2D eigenvalue weighted by atomic mass is 9.99. The van der Waals surface area contributed by atoms with Crippen molar-refractivity contribution in [2.75, 3.05) is 11.9 Å². The molecule has 0 saturated carbocycles. The number of anilines is 1. The summed E-state index contributed by atoms with van der Waals surface area (Å²) in [5, 5.41) is 13.9. The lowest BCUT2D eigenvalue weighted by Crippen LogP contribution is -2.25. The number of nitrogens with one attached hydrogen (secondary N) is 1. The molecule has 0 spiro atoms. The van der Waals surface area contributed by atoms with Crippen molar-refractivity contribution in [3.05, 3.63) is 58.1 Å². The Kier molecular flexibility index (Phi) is 3.57. The summed E-state index contributed by atoms with van der Waals surface area (Å²) in [4.78, 5) is 11.3. The summed E-state index contributed by atoms with van der Waals surface area (Å²) in [6, 6.07) is 10.6. The Hall–Kier alpha value is -2.04.